The van der Waals surface area contributed by atoms with Crippen LogP contribution in [-0.2, 0) is 0 Å². The van der Waals surface area contributed by atoms with E-state index in [9.17, 15) is 9.50 Å². The minimum atomic E-state index is -0.516. The van der Waals surface area contributed by atoms with Crippen molar-refractivity contribution in [2.45, 2.75) is 19.3 Å². The molecule has 3 aromatic rings. The van der Waals surface area contributed by atoms with Crippen LogP contribution >= 0.6 is 0 Å². The van der Waals surface area contributed by atoms with Crippen LogP contribution in [0.2, 0.25) is 0 Å². The maximum Gasteiger partial charge on any atom is 0.166 e. The van der Waals surface area contributed by atoms with Gasteiger partial charge in [-0.15, -0.1) is 0 Å². The molecular formula is C19H18FN3O. The Hall–Kier alpha value is -2.53. The number of fused-ring (bicyclic) bond motifs is 1. The van der Waals surface area contributed by atoms with E-state index in [1.165, 1.54) is 18.2 Å². The minimum absolute atomic E-state index is 0.0631. The van der Waals surface area contributed by atoms with Crippen LogP contribution in [0, 0.1) is 12.7 Å². The van der Waals surface area contributed by atoms with E-state index in [1.807, 2.05) is 25.1 Å². The number of phenolic OH excluding ortho intramolecular Hbond substituents is 1. The molecule has 0 aliphatic carbocycles. The van der Waals surface area contributed by atoms with Crippen LogP contribution in [0.4, 0.5) is 4.39 Å². The van der Waals surface area contributed by atoms with E-state index in [0.717, 1.165) is 41.7 Å². The molecule has 1 aromatic heterocycles. The van der Waals surface area contributed by atoms with Crippen LogP contribution in [0.1, 0.15) is 23.6 Å². The normalized spacial score (nSPS) is 17.5. The van der Waals surface area contributed by atoms with Gasteiger partial charge >= 0.3 is 0 Å². The molecule has 24 heavy (non-hydrogen) atoms. The highest BCUT2D eigenvalue weighted by Crippen LogP contribution is 2.34. The number of hydrogen-bond donors (Lipinski definition) is 2. The Balaban J connectivity index is 1.99. The fraction of sp³-hybridized carbons (Fsp3) is 0.263. The first-order valence-electron chi connectivity index (χ1n) is 8.10. The van der Waals surface area contributed by atoms with Crippen LogP contribution in [0.15, 0.2) is 36.4 Å². The molecule has 1 saturated heterocycles. The zero-order chi connectivity index (χ0) is 16.7. The van der Waals surface area contributed by atoms with Gasteiger partial charge in [-0.25, -0.2) is 14.4 Å². The second-order valence-corrected chi connectivity index (χ2v) is 6.28. The summed E-state index contributed by atoms with van der Waals surface area (Å²) in [5, 5.41) is 14.4. The lowest BCUT2D eigenvalue weighted by molar-refractivity contribution is 0.471. The molecule has 1 aliphatic rings. The lowest BCUT2D eigenvalue weighted by Crippen LogP contribution is -2.10. The Labute approximate surface area is 139 Å². The number of halogens is 1. The molecule has 1 aliphatic heterocycles. The summed E-state index contributed by atoms with van der Waals surface area (Å²) in [7, 11) is 0. The zero-order valence-electron chi connectivity index (χ0n) is 13.4. The third kappa shape index (κ3) is 2.51. The molecule has 0 bridgehead atoms. The molecule has 0 saturated carbocycles. The molecule has 4 rings (SSSR count). The molecular weight excluding hydrogens is 305 g/mol. The summed E-state index contributed by atoms with van der Waals surface area (Å²) < 4.78 is 14.3. The van der Waals surface area contributed by atoms with Gasteiger partial charge in [-0.1, -0.05) is 18.2 Å². The smallest absolute Gasteiger partial charge is 0.166 e. The van der Waals surface area contributed by atoms with Crippen LogP contribution in [0.5, 0.6) is 5.75 Å². The summed E-state index contributed by atoms with van der Waals surface area (Å²) in [5.41, 5.74) is 2.85. The zero-order valence-corrected chi connectivity index (χ0v) is 13.4. The van der Waals surface area contributed by atoms with E-state index in [1.54, 1.807) is 0 Å². The third-order valence-electron chi connectivity index (χ3n) is 4.54. The molecule has 0 radical (unpaired) electrons. The highest BCUT2D eigenvalue weighted by atomic mass is 19.1. The van der Waals surface area contributed by atoms with Gasteiger partial charge in [0.1, 0.15) is 11.6 Å². The van der Waals surface area contributed by atoms with Gasteiger partial charge in [-0.2, -0.15) is 0 Å². The number of aromatic nitrogens is 2. The summed E-state index contributed by atoms with van der Waals surface area (Å²) in [6.07, 6.45) is 0.989. The number of aromatic hydroxyl groups is 1. The predicted octanol–water partition coefficient (Wildman–Crippen LogP) is 3.53. The maximum atomic E-state index is 14.3. The van der Waals surface area contributed by atoms with Crippen molar-refractivity contribution in [3.8, 4) is 17.1 Å². The topological polar surface area (TPSA) is 58.0 Å². The second kappa shape index (κ2) is 5.83. The first-order valence-corrected chi connectivity index (χ1v) is 8.10. The van der Waals surface area contributed by atoms with Crippen molar-refractivity contribution in [3.63, 3.8) is 0 Å². The van der Waals surface area contributed by atoms with Crippen molar-refractivity contribution in [3.05, 3.63) is 53.5 Å². The van der Waals surface area contributed by atoms with Crippen LogP contribution in [-0.4, -0.2) is 28.2 Å². The van der Waals surface area contributed by atoms with Gasteiger partial charge in [0.05, 0.1) is 16.8 Å². The Morgan fingerprint density at radius 3 is 2.83 bits per heavy atom. The first kappa shape index (κ1) is 15.0. The monoisotopic (exact) mass is 323 g/mol. The predicted molar refractivity (Wildman–Crippen MR) is 91.6 cm³/mol. The Morgan fingerprint density at radius 2 is 2.08 bits per heavy atom. The summed E-state index contributed by atoms with van der Waals surface area (Å²) >= 11 is 0. The minimum Gasteiger partial charge on any atom is -0.507 e. The van der Waals surface area contributed by atoms with E-state index in [2.05, 4.69) is 15.3 Å². The lowest BCUT2D eigenvalue weighted by Gasteiger charge is -2.14. The average Bonchev–Trinajstić information content (AvgIpc) is 3.08. The van der Waals surface area contributed by atoms with Gasteiger partial charge in [0.15, 0.2) is 5.82 Å². The number of aryl methyl sites for hydroxylation is 1. The number of phenols is 1. The molecule has 0 amide bonds. The molecule has 4 nitrogen and oxygen atoms in total. The molecule has 122 valence electrons. The molecule has 0 spiro atoms. The van der Waals surface area contributed by atoms with E-state index in [4.69, 9.17) is 0 Å². The molecule has 2 N–H and O–H groups in total. The second-order valence-electron chi connectivity index (χ2n) is 6.28. The van der Waals surface area contributed by atoms with Crippen LogP contribution < -0.4 is 5.32 Å². The Kier molecular flexibility index (Phi) is 3.65. The van der Waals surface area contributed by atoms with Crippen LogP contribution in [0.3, 0.4) is 0 Å². The van der Waals surface area contributed by atoms with Gasteiger partial charge < -0.3 is 10.4 Å². The van der Waals surface area contributed by atoms with Crippen molar-refractivity contribution in [2.24, 2.45) is 0 Å². The van der Waals surface area contributed by atoms with Gasteiger partial charge in [0, 0.05) is 17.8 Å². The highest BCUT2D eigenvalue weighted by molar-refractivity contribution is 5.84. The lowest BCUT2D eigenvalue weighted by atomic mass is 9.98. The van der Waals surface area contributed by atoms with Gasteiger partial charge in [0.2, 0.25) is 0 Å². The molecule has 2 aromatic carbocycles. The highest BCUT2D eigenvalue weighted by Gasteiger charge is 2.23. The molecule has 1 fully saturated rings. The maximum absolute atomic E-state index is 14.3. The van der Waals surface area contributed by atoms with Gasteiger partial charge in [0.25, 0.3) is 0 Å². The number of hydrogen-bond acceptors (Lipinski definition) is 4. The van der Waals surface area contributed by atoms with Crippen LogP contribution in [0.25, 0.3) is 22.3 Å². The fourth-order valence-electron chi connectivity index (χ4n) is 3.31. The summed E-state index contributed by atoms with van der Waals surface area (Å²) in [5.74, 6) is -0.147. The number of nitrogens with zero attached hydrogens (tertiary/aromatic N) is 2. The molecule has 1 atom stereocenters. The van der Waals surface area contributed by atoms with E-state index in [-0.39, 0.29) is 23.1 Å². The number of nitrogens with one attached hydrogen (secondary N) is 1. The van der Waals surface area contributed by atoms with Crippen molar-refractivity contribution >= 4 is 10.9 Å². The number of rotatable bonds is 2. The summed E-state index contributed by atoms with van der Waals surface area (Å²) in [4.78, 5) is 9.18. The molecule has 5 heteroatoms. The van der Waals surface area contributed by atoms with E-state index in [0.29, 0.717) is 0 Å². The summed E-state index contributed by atoms with van der Waals surface area (Å²) in [6.45, 7) is 3.80. The third-order valence-corrected chi connectivity index (χ3v) is 4.54. The summed E-state index contributed by atoms with van der Waals surface area (Å²) in [6, 6.07) is 10.3. The van der Waals surface area contributed by atoms with Crippen molar-refractivity contribution in [1.82, 2.24) is 15.3 Å². The van der Waals surface area contributed by atoms with Crippen molar-refractivity contribution < 1.29 is 9.50 Å². The van der Waals surface area contributed by atoms with Gasteiger partial charge in [-0.3, -0.25) is 0 Å². The van der Waals surface area contributed by atoms with E-state index < -0.39 is 5.82 Å². The molecule has 1 unspecified atom stereocenters. The van der Waals surface area contributed by atoms with Gasteiger partial charge in [-0.05, 0) is 43.7 Å². The van der Waals surface area contributed by atoms with Crippen molar-refractivity contribution in [1.29, 1.82) is 0 Å². The largest absolute Gasteiger partial charge is 0.507 e. The first-order chi connectivity index (χ1) is 11.6. The molecule has 2 heterocycles. The Bertz CT molecular complexity index is 900. The SMILES string of the molecule is Cc1ccc2c(C3CCNC3)nc(-c3c(O)cccc3F)nc2c1. The van der Waals surface area contributed by atoms with Crippen molar-refractivity contribution in [2.75, 3.05) is 13.1 Å². The standard InChI is InChI=1S/C19H18FN3O/c1-11-5-6-13-15(9-11)22-19(17-14(20)3-2-4-16(17)24)23-18(13)12-7-8-21-10-12/h2-6,9,12,21,24H,7-8,10H2,1H3. The quantitative estimate of drug-likeness (QED) is 0.757. The van der Waals surface area contributed by atoms with E-state index >= 15 is 0 Å². The fourth-order valence-corrected chi connectivity index (χ4v) is 3.31. The number of benzene rings is 2. The Morgan fingerprint density at radius 1 is 1.21 bits per heavy atom. The average molecular weight is 323 g/mol.